The van der Waals surface area contributed by atoms with Crippen molar-refractivity contribution in [3.8, 4) is 23.0 Å². The number of ether oxygens (including phenoxy) is 2. The van der Waals surface area contributed by atoms with E-state index in [1.54, 1.807) is 42.0 Å². The predicted octanol–water partition coefficient (Wildman–Crippen LogP) is 3.92. The van der Waals surface area contributed by atoms with E-state index in [1.807, 2.05) is 24.3 Å². The van der Waals surface area contributed by atoms with Crippen molar-refractivity contribution in [1.82, 2.24) is 25.1 Å². The highest BCUT2D eigenvalue weighted by Crippen LogP contribution is 2.23. The van der Waals surface area contributed by atoms with Crippen LogP contribution >= 0.6 is 23.2 Å². The van der Waals surface area contributed by atoms with Crippen molar-refractivity contribution in [2.45, 2.75) is 0 Å². The lowest BCUT2D eigenvalue weighted by Gasteiger charge is -2.08. The van der Waals surface area contributed by atoms with Gasteiger partial charge in [0.25, 0.3) is 5.91 Å². The van der Waals surface area contributed by atoms with Gasteiger partial charge in [0.2, 0.25) is 5.88 Å². The minimum absolute atomic E-state index is 0.217. The van der Waals surface area contributed by atoms with Gasteiger partial charge in [0.15, 0.2) is 11.5 Å². The number of benzene rings is 2. The minimum Gasteiger partial charge on any atom is -0.497 e. The molecular formula is C21H17Cl2N5O3. The number of halogens is 2. The van der Waals surface area contributed by atoms with Crippen LogP contribution in [0.5, 0.6) is 11.6 Å². The summed E-state index contributed by atoms with van der Waals surface area (Å²) in [6.45, 7) is 0.489. The Labute approximate surface area is 187 Å². The first-order valence-corrected chi connectivity index (χ1v) is 10.0. The monoisotopic (exact) mass is 457 g/mol. The van der Waals surface area contributed by atoms with E-state index in [0.29, 0.717) is 38.7 Å². The lowest BCUT2D eigenvalue weighted by Crippen LogP contribution is -2.28. The molecule has 4 rings (SSSR count). The van der Waals surface area contributed by atoms with Crippen molar-refractivity contribution in [3.63, 3.8) is 0 Å². The number of carbonyl (C=O) groups excluding carboxylic acids is 1. The number of fused-ring (bicyclic) bond motifs is 1. The number of amides is 1. The number of rotatable bonds is 7. The molecule has 0 aliphatic rings. The number of carbonyl (C=O) groups is 1. The highest BCUT2D eigenvalue weighted by atomic mass is 35.5. The maximum absolute atomic E-state index is 12.2. The van der Waals surface area contributed by atoms with Crippen LogP contribution in [0.3, 0.4) is 0 Å². The summed E-state index contributed by atoms with van der Waals surface area (Å²) in [6, 6.07) is 15.6. The molecule has 0 radical (unpaired) electrons. The molecule has 0 spiro atoms. The van der Waals surface area contributed by atoms with Crippen molar-refractivity contribution in [2.75, 3.05) is 20.3 Å². The fourth-order valence-electron chi connectivity index (χ4n) is 2.90. The summed E-state index contributed by atoms with van der Waals surface area (Å²) >= 11 is 11.9. The summed E-state index contributed by atoms with van der Waals surface area (Å²) in [6.07, 6.45) is 0. The molecule has 31 heavy (non-hydrogen) atoms. The SMILES string of the molecule is COc1cccc(-c2nnc3ccc(OCCNC(=O)c4cc(Cl)cc(Cl)c4)nn23)c1. The highest BCUT2D eigenvalue weighted by Gasteiger charge is 2.12. The quantitative estimate of drug-likeness (QED) is 0.423. The van der Waals surface area contributed by atoms with Crippen molar-refractivity contribution in [2.24, 2.45) is 0 Å². The van der Waals surface area contributed by atoms with E-state index in [1.165, 1.54) is 0 Å². The van der Waals surface area contributed by atoms with Gasteiger partial charge in [-0.05, 0) is 36.4 Å². The first kappa shape index (κ1) is 20.9. The number of nitrogens with zero attached hydrogens (tertiary/aromatic N) is 4. The third-order valence-electron chi connectivity index (χ3n) is 4.33. The van der Waals surface area contributed by atoms with Gasteiger partial charge in [-0.25, -0.2) is 0 Å². The van der Waals surface area contributed by atoms with Crippen LogP contribution in [0.2, 0.25) is 10.0 Å². The molecule has 158 valence electrons. The van der Waals surface area contributed by atoms with Gasteiger partial charge in [0, 0.05) is 27.2 Å². The topological polar surface area (TPSA) is 90.6 Å². The van der Waals surface area contributed by atoms with Gasteiger partial charge in [-0.15, -0.1) is 15.3 Å². The number of hydrogen-bond donors (Lipinski definition) is 1. The van der Waals surface area contributed by atoms with Crippen molar-refractivity contribution in [3.05, 3.63) is 70.2 Å². The average Bonchev–Trinajstić information content (AvgIpc) is 3.19. The van der Waals surface area contributed by atoms with Gasteiger partial charge in [0.05, 0.1) is 13.7 Å². The summed E-state index contributed by atoms with van der Waals surface area (Å²) in [7, 11) is 1.60. The summed E-state index contributed by atoms with van der Waals surface area (Å²) in [5, 5.41) is 16.3. The van der Waals surface area contributed by atoms with E-state index in [0.717, 1.165) is 5.56 Å². The molecule has 1 N–H and O–H groups in total. The van der Waals surface area contributed by atoms with E-state index in [2.05, 4.69) is 20.6 Å². The third-order valence-corrected chi connectivity index (χ3v) is 4.77. The molecule has 10 heteroatoms. The van der Waals surface area contributed by atoms with Crippen LogP contribution in [-0.2, 0) is 0 Å². The fourth-order valence-corrected chi connectivity index (χ4v) is 3.42. The summed E-state index contributed by atoms with van der Waals surface area (Å²) in [4.78, 5) is 12.2. The highest BCUT2D eigenvalue weighted by molar-refractivity contribution is 6.35. The van der Waals surface area contributed by atoms with E-state index < -0.39 is 0 Å². The van der Waals surface area contributed by atoms with Gasteiger partial charge >= 0.3 is 0 Å². The zero-order valence-corrected chi connectivity index (χ0v) is 17.9. The Morgan fingerprint density at radius 1 is 1.06 bits per heavy atom. The van der Waals surface area contributed by atoms with Gasteiger partial charge in [0.1, 0.15) is 12.4 Å². The predicted molar refractivity (Wildman–Crippen MR) is 117 cm³/mol. The Balaban J connectivity index is 1.41. The van der Waals surface area contributed by atoms with E-state index in [-0.39, 0.29) is 19.1 Å². The molecule has 2 aromatic heterocycles. The number of aromatic nitrogens is 4. The Hall–Kier alpha value is -3.36. The summed E-state index contributed by atoms with van der Waals surface area (Å²) in [5.74, 6) is 1.34. The molecule has 1 amide bonds. The maximum atomic E-state index is 12.2. The molecule has 0 unspecified atom stereocenters. The Morgan fingerprint density at radius 3 is 2.65 bits per heavy atom. The average molecular weight is 458 g/mol. The number of nitrogens with one attached hydrogen (secondary N) is 1. The van der Waals surface area contributed by atoms with Gasteiger partial charge in [-0.2, -0.15) is 4.52 Å². The normalized spacial score (nSPS) is 10.8. The largest absolute Gasteiger partial charge is 0.497 e. The number of methoxy groups -OCH3 is 1. The van der Waals surface area contributed by atoms with Crippen molar-refractivity contribution < 1.29 is 14.3 Å². The first-order chi connectivity index (χ1) is 15.0. The zero-order chi connectivity index (χ0) is 21.8. The summed E-state index contributed by atoms with van der Waals surface area (Å²) < 4.78 is 12.5. The Kier molecular flexibility index (Phi) is 6.20. The minimum atomic E-state index is -0.296. The van der Waals surface area contributed by atoms with Crippen LogP contribution in [0.25, 0.3) is 17.0 Å². The van der Waals surface area contributed by atoms with E-state index >= 15 is 0 Å². The molecule has 0 saturated carbocycles. The molecule has 0 fully saturated rings. The molecule has 8 nitrogen and oxygen atoms in total. The van der Waals surface area contributed by atoms with Crippen LogP contribution in [0.1, 0.15) is 10.4 Å². The molecule has 0 bridgehead atoms. The molecule has 2 heterocycles. The van der Waals surface area contributed by atoms with Crippen molar-refractivity contribution in [1.29, 1.82) is 0 Å². The maximum Gasteiger partial charge on any atom is 0.251 e. The van der Waals surface area contributed by atoms with Gasteiger partial charge in [-0.3, -0.25) is 4.79 Å². The second-order valence-electron chi connectivity index (χ2n) is 6.46. The van der Waals surface area contributed by atoms with Crippen molar-refractivity contribution >= 4 is 34.8 Å². The molecular weight excluding hydrogens is 441 g/mol. The van der Waals surface area contributed by atoms with Gasteiger partial charge < -0.3 is 14.8 Å². The molecule has 0 saturated heterocycles. The van der Waals surface area contributed by atoms with Crippen LogP contribution in [0.15, 0.2) is 54.6 Å². The lowest BCUT2D eigenvalue weighted by atomic mass is 10.2. The van der Waals surface area contributed by atoms with Crippen LogP contribution < -0.4 is 14.8 Å². The van der Waals surface area contributed by atoms with Crippen LogP contribution in [0, 0.1) is 0 Å². The molecule has 0 atom stereocenters. The molecule has 4 aromatic rings. The van der Waals surface area contributed by atoms with E-state index in [4.69, 9.17) is 32.7 Å². The third kappa shape index (κ3) is 4.87. The summed E-state index contributed by atoms with van der Waals surface area (Å²) in [5.41, 5.74) is 1.77. The smallest absolute Gasteiger partial charge is 0.251 e. The van der Waals surface area contributed by atoms with Crippen LogP contribution in [-0.4, -0.2) is 46.0 Å². The molecule has 2 aromatic carbocycles. The lowest BCUT2D eigenvalue weighted by molar-refractivity contribution is 0.0946. The molecule has 0 aliphatic heterocycles. The van der Waals surface area contributed by atoms with Gasteiger partial charge in [-0.1, -0.05) is 35.3 Å². The molecule has 0 aliphatic carbocycles. The second-order valence-corrected chi connectivity index (χ2v) is 7.33. The number of hydrogen-bond acceptors (Lipinski definition) is 6. The van der Waals surface area contributed by atoms with Crippen LogP contribution in [0.4, 0.5) is 0 Å². The zero-order valence-electron chi connectivity index (χ0n) is 16.4. The Bertz CT molecular complexity index is 1220. The fraction of sp³-hybridized carbons (Fsp3) is 0.143. The standard InChI is InChI=1S/C21H17Cl2N5O3/c1-30-17-4-2-3-13(11-17)20-26-25-18-5-6-19(27-28(18)20)31-8-7-24-21(29)14-9-15(22)12-16(23)10-14/h2-6,9-12H,7-8H2,1H3,(H,24,29). The van der Waals surface area contributed by atoms with E-state index in [9.17, 15) is 4.79 Å². The Morgan fingerprint density at radius 2 is 1.87 bits per heavy atom. The second kappa shape index (κ2) is 9.20. The first-order valence-electron chi connectivity index (χ1n) is 9.27.